The van der Waals surface area contributed by atoms with Crippen molar-refractivity contribution in [3.05, 3.63) is 60.2 Å². The molecule has 4 nitrogen and oxygen atoms in total. The van der Waals surface area contributed by atoms with Crippen molar-refractivity contribution in [2.75, 3.05) is 30.4 Å². The van der Waals surface area contributed by atoms with E-state index >= 15 is 0 Å². The number of benzene rings is 2. The molecule has 0 radical (unpaired) electrons. The molecule has 2 aromatic rings. The Hall–Kier alpha value is -2.75. The Morgan fingerprint density at radius 1 is 1.00 bits per heavy atom. The Labute approximate surface area is 149 Å². The SMILES string of the molecule is COc1ccc(/C=C/C(=O)Nc2ccc(N3CCCCC3)cc2)cc1. The minimum atomic E-state index is -0.137. The summed E-state index contributed by atoms with van der Waals surface area (Å²) >= 11 is 0. The molecule has 4 heteroatoms. The maximum Gasteiger partial charge on any atom is 0.248 e. The van der Waals surface area contributed by atoms with Crippen LogP contribution in [0.25, 0.3) is 6.08 Å². The minimum Gasteiger partial charge on any atom is -0.497 e. The van der Waals surface area contributed by atoms with Gasteiger partial charge in [-0.15, -0.1) is 0 Å². The fourth-order valence-electron chi connectivity index (χ4n) is 2.98. The third kappa shape index (κ3) is 4.86. The lowest BCUT2D eigenvalue weighted by molar-refractivity contribution is -0.111. The van der Waals surface area contributed by atoms with Gasteiger partial charge in [-0.2, -0.15) is 0 Å². The molecule has 0 unspecified atom stereocenters. The summed E-state index contributed by atoms with van der Waals surface area (Å²) in [6.45, 7) is 2.24. The number of ether oxygens (including phenoxy) is 1. The number of hydrogen-bond acceptors (Lipinski definition) is 3. The number of anilines is 2. The second kappa shape index (κ2) is 8.38. The molecule has 0 aromatic heterocycles. The van der Waals surface area contributed by atoms with Crippen molar-refractivity contribution < 1.29 is 9.53 Å². The molecule has 3 rings (SSSR count). The van der Waals surface area contributed by atoms with Crippen LogP contribution in [-0.4, -0.2) is 26.1 Å². The molecule has 2 aromatic carbocycles. The van der Waals surface area contributed by atoms with E-state index < -0.39 is 0 Å². The Morgan fingerprint density at radius 2 is 1.68 bits per heavy atom. The summed E-state index contributed by atoms with van der Waals surface area (Å²) in [4.78, 5) is 14.5. The van der Waals surface area contributed by atoms with E-state index in [0.717, 1.165) is 30.1 Å². The second-order valence-electron chi connectivity index (χ2n) is 6.19. The van der Waals surface area contributed by atoms with Gasteiger partial charge in [0.1, 0.15) is 5.75 Å². The molecule has 1 aliphatic rings. The largest absolute Gasteiger partial charge is 0.497 e. The lowest BCUT2D eigenvalue weighted by Crippen LogP contribution is -2.29. The first kappa shape index (κ1) is 17.1. The predicted octanol–water partition coefficient (Wildman–Crippen LogP) is 4.34. The van der Waals surface area contributed by atoms with Crippen molar-refractivity contribution in [1.82, 2.24) is 0 Å². The fraction of sp³-hybridized carbons (Fsp3) is 0.286. The smallest absolute Gasteiger partial charge is 0.248 e. The molecular weight excluding hydrogens is 312 g/mol. The number of nitrogens with one attached hydrogen (secondary N) is 1. The normalized spacial score (nSPS) is 14.5. The Balaban J connectivity index is 1.55. The molecule has 25 heavy (non-hydrogen) atoms. The summed E-state index contributed by atoms with van der Waals surface area (Å²) in [6, 6.07) is 15.6. The summed E-state index contributed by atoms with van der Waals surface area (Å²) in [7, 11) is 1.63. The molecule has 0 saturated carbocycles. The third-order valence-corrected chi connectivity index (χ3v) is 4.40. The van der Waals surface area contributed by atoms with Crippen LogP contribution in [0.1, 0.15) is 24.8 Å². The summed E-state index contributed by atoms with van der Waals surface area (Å²) in [5.74, 6) is 0.664. The van der Waals surface area contributed by atoms with E-state index in [4.69, 9.17) is 4.74 Å². The third-order valence-electron chi connectivity index (χ3n) is 4.40. The van der Waals surface area contributed by atoms with Gasteiger partial charge in [0.2, 0.25) is 5.91 Å². The number of carbonyl (C=O) groups excluding carboxylic acids is 1. The maximum absolute atomic E-state index is 12.1. The zero-order valence-electron chi connectivity index (χ0n) is 14.6. The van der Waals surface area contributed by atoms with E-state index in [1.54, 1.807) is 19.3 Å². The van der Waals surface area contributed by atoms with Crippen molar-refractivity contribution in [2.24, 2.45) is 0 Å². The molecule has 0 atom stereocenters. The van der Waals surface area contributed by atoms with E-state index in [9.17, 15) is 4.79 Å². The average Bonchev–Trinajstić information content (AvgIpc) is 2.68. The summed E-state index contributed by atoms with van der Waals surface area (Å²) in [5.41, 5.74) is 2.99. The maximum atomic E-state index is 12.1. The number of carbonyl (C=O) groups is 1. The monoisotopic (exact) mass is 336 g/mol. The molecule has 1 amide bonds. The van der Waals surface area contributed by atoms with Crippen LogP contribution in [0, 0.1) is 0 Å². The highest BCUT2D eigenvalue weighted by Gasteiger charge is 2.10. The molecule has 1 saturated heterocycles. The fourth-order valence-corrected chi connectivity index (χ4v) is 2.98. The summed E-state index contributed by atoms with van der Waals surface area (Å²) in [6.07, 6.45) is 7.17. The Morgan fingerprint density at radius 3 is 2.32 bits per heavy atom. The number of piperidine rings is 1. The zero-order valence-corrected chi connectivity index (χ0v) is 14.6. The Kier molecular flexibility index (Phi) is 5.73. The van der Waals surface area contributed by atoms with Gasteiger partial charge < -0.3 is 15.0 Å². The van der Waals surface area contributed by atoms with Crippen molar-refractivity contribution in [2.45, 2.75) is 19.3 Å². The van der Waals surface area contributed by atoms with E-state index in [2.05, 4.69) is 22.3 Å². The highest BCUT2D eigenvalue weighted by molar-refractivity contribution is 6.02. The standard InChI is InChI=1S/C21H24N2O2/c1-25-20-12-5-17(6-13-20)7-14-21(24)22-18-8-10-19(11-9-18)23-15-3-2-4-16-23/h5-14H,2-4,15-16H2,1H3,(H,22,24)/b14-7+. The van der Waals surface area contributed by atoms with Crippen LogP contribution in [0.3, 0.4) is 0 Å². The second-order valence-corrected chi connectivity index (χ2v) is 6.19. The van der Waals surface area contributed by atoms with Gasteiger partial charge in [-0.3, -0.25) is 4.79 Å². The Bertz CT molecular complexity index is 715. The highest BCUT2D eigenvalue weighted by Crippen LogP contribution is 2.21. The van der Waals surface area contributed by atoms with E-state index in [1.807, 2.05) is 36.4 Å². The molecule has 130 valence electrons. The van der Waals surface area contributed by atoms with Crippen LogP contribution in [0.5, 0.6) is 5.75 Å². The molecule has 0 aliphatic carbocycles. The van der Waals surface area contributed by atoms with Crippen molar-refractivity contribution >= 4 is 23.4 Å². The van der Waals surface area contributed by atoms with Gasteiger partial charge >= 0.3 is 0 Å². The topological polar surface area (TPSA) is 41.6 Å². The number of methoxy groups -OCH3 is 1. The van der Waals surface area contributed by atoms with Gasteiger partial charge in [0, 0.05) is 30.5 Å². The molecular formula is C21H24N2O2. The van der Waals surface area contributed by atoms with Gasteiger partial charge in [-0.05, 0) is 67.3 Å². The van der Waals surface area contributed by atoms with Crippen molar-refractivity contribution in [3.8, 4) is 5.75 Å². The summed E-state index contributed by atoms with van der Waals surface area (Å²) < 4.78 is 5.12. The lowest BCUT2D eigenvalue weighted by atomic mass is 10.1. The van der Waals surface area contributed by atoms with E-state index in [0.29, 0.717) is 0 Å². The molecule has 0 bridgehead atoms. The van der Waals surface area contributed by atoms with Crippen molar-refractivity contribution in [3.63, 3.8) is 0 Å². The highest BCUT2D eigenvalue weighted by atomic mass is 16.5. The van der Waals surface area contributed by atoms with Gasteiger partial charge in [0.25, 0.3) is 0 Å². The van der Waals surface area contributed by atoms with Crippen molar-refractivity contribution in [1.29, 1.82) is 0 Å². The lowest BCUT2D eigenvalue weighted by Gasteiger charge is -2.28. The molecule has 0 spiro atoms. The molecule has 1 fully saturated rings. The van der Waals surface area contributed by atoms with Crippen LogP contribution >= 0.6 is 0 Å². The van der Waals surface area contributed by atoms with Crippen LogP contribution in [0.15, 0.2) is 54.6 Å². The average molecular weight is 336 g/mol. The number of hydrogen-bond donors (Lipinski definition) is 1. The van der Waals surface area contributed by atoms with Gasteiger partial charge in [-0.1, -0.05) is 12.1 Å². The van der Waals surface area contributed by atoms with Crippen LogP contribution in [0.4, 0.5) is 11.4 Å². The molecule has 1 aliphatic heterocycles. The number of amides is 1. The van der Waals surface area contributed by atoms with Crippen LogP contribution in [0.2, 0.25) is 0 Å². The quantitative estimate of drug-likeness (QED) is 0.826. The zero-order chi connectivity index (χ0) is 17.5. The first-order chi connectivity index (χ1) is 12.2. The van der Waals surface area contributed by atoms with Gasteiger partial charge in [0.15, 0.2) is 0 Å². The predicted molar refractivity (Wildman–Crippen MR) is 103 cm³/mol. The minimum absolute atomic E-state index is 0.137. The van der Waals surface area contributed by atoms with E-state index in [1.165, 1.54) is 24.9 Å². The van der Waals surface area contributed by atoms with Crippen LogP contribution in [-0.2, 0) is 4.79 Å². The summed E-state index contributed by atoms with van der Waals surface area (Å²) in [5, 5.41) is 2.90. The first-order valence-electron chi connectivity index (χ1n) is 8.73. The first-order valence-corrected chi connectivity index (χ1v) is 8.73. The molecule has 1 heterocycles. The van der Waals surface area contributed by atoms with Gasteiger partial charge in [0.05, 0.1) is 7.11 Å². The number of rotatable bonds is 5. The number of nitrogens with zero attached hydrogens (tertiary/aromatic N) is 1. The molecule has 1 N–H and O–H groups in total. The van der Waals surface area contributed by atoms with E-state index in [-0.39, 0.29) is 5.91 Å². The van der Waals surface area contributed by atoms with Gasteiger partial charge in [-0.25, -0.2) is 0 Å². The van der Waals surface area contributed by atoms with Crippen LogP contribution < -0.4 is 15.0 Å².